The minimum atomic E-state index is -1.46. The van der Waals surface area contributed by atoms with Crippen molar-refractivity contribution in [2.45, 2.75) is 11.7 Å². The summed E-state index contributed by atoms with van der Waals surface area (Å²) in [6.45, 7) is 0. The fourth-order valence-corrected chi connectivity index (χ4v) is 3.31. The maximum absolute atomic E-state index is 12.9. The standard InChI is InChI=1S/C22H20N2O6/c1-28-21(25)19(30-20-18(24(26)27)14-9-15-23-20)22(29-2,16-10-5-3-6-11-16)17-12-7-4-8-13-17/h3-15,19H,1-2H3. The Bertz CT molecular complexity index is 971. The maximum Gasteiger partial charge on any atom is 0.350 e. The van der Waals surface area contributed by atoms with Crippen LogP contribution in [0, 0.1) is 10.1 Å². The second kappa shape index (κ2) is 9.15. The molecule has 1 atom stereocenters. The van der Waals surface area contributed by atoms with Crippen molar-refractivity contribution >= 4 is 11.7 Å². The number of esters is 1. The molecule has 8 nitrogen and oxygen atoms in total. The van der Waals surface area contributed by atoms with Crippen LogP contribution in [0.25, 0.3) is 0 Å². The Morgan fingerprint density at radius 3 is 2.00 bits per heavy atom. The van der Waals surface area contributed by atoms with E-state index in [2.05, 4.69) is 4.98 Å². The number of hydrogen-bond donors (Lipinski definition) is 0. The van der Waals surface area contributed by atoms with Gasteiger partial charge in [-0.15, -0.1) is 0 Å². The maximum atomic E-state index is 12.9. The molecule has 30 heavy (non-hydrogen) atoms. The monoisotopic (exact) mass is 408 g/mol. The first-order valence-electron chi connectivity index (χ1n) is 9.04. The third-order valence-electron chi connectivity index (χ3n) is 4.69. The Hall–Kier alpha value is -3.78. The number of carbonyl (C=O) groups excluding carboxylic acids is 1. The van der Waals surface area contributed by atoms with E-state index in [4.69, 9.17) is 14.2 Å². The summed E-state index contributed by atoms with van der Waals surface area (Å²) in [5, 5.41) is 11.4. The van der Waals surface area contributed by atoms with Gasteiger partial charge in [-0.2, -0.15) is 0 Å². The Kier molecular flexibility index (Phi) is 6.38. The van der Waals surface area contributed by atoms with Crippen LogP contribution >= 0.6 is 0 Å². The zero-order valence-corrected chi connectivity index (χ0v) is 16.4. The molecule has 0 spiro atoms. The highest BCUT2D eigenvalue weighted by atomic mass is 16.6. The van der Waals surface area contributed by atoms with Gasteiger partial charge in [-0.05, 0) is 17.2 Å². The van der Waals surface area contributed by atoms with E-state index in [-0.39, 0.29) is 11.6 Å². The first-order chi connectivity index (χ1) is 14.5. The third-order valence-corrected chi connectivity index (χ3v) is 4.69. The fraction of sp³-hybridized carbons (Fsp3) is 0.182. The predicted octanol–water partition coefficient (Wildman–Crippen LogP) is 3.50. The highest BCUT2D eigenvalue weighted by Crippen LogP contribution is 2.40. The first kappa shape index (κ1) is 20.9. The molecule has 0 fully saturated rings. The van der Waals surface area contributed by atoms with Gasteiger partial charge in [0.05, 0.1) is 12.0 Å². The Labute approximate surface area is 173 Å². The van der Waals surface area contributed by atoms with Crippen molar-refractivity contribution in [3.05, 3.63) is 100 Å². The van der Waals surface area contributed by atoms with Crippen LogP contribution in [0.2, 0.25) is 0 Å². The van der Waals surface area contributed by atoms with Crippen LogP contribution in [0.15, 0.2) is 79.0 Å². The molecule has 0 bridgehead atoms. The molecule has 0 amide bonds. The largest absolute Gasteiger partial charge is 0.466 e. The Morgan fingerprint density at radius 2 is 1.53 bits per heavy atom. The van der Waals surface area contributed by atoms with Crippen LogP contribution in [-0.4, -0.2) is 36.2 Å². The number of hydrogen-bond acceptors (Lipinski definition) is 7. The number of carbonyl (C=O) groups is 1. The number of nitro groups is 1. The van der Waals surface area contributed by atoms with Gasteiger partial charge in [-0.3, -0.25) is 10.1 Å². The van der Waals surface area contributed by atoms with Gasteiger partial charge in [0.2, 0.25) is 6.10 Å². The molecule has 0 saturated carbocycles. The van der Waals surface area contributed by atoms with Crippen molar-refractivity contribution in [2.24, 2.45) is 0 Å². The average Bonchev–Trinajstić information content (AvgIpc) is 2.80. The van der Waals surface area contributed by atoms with Gasteiger partial charge >= 0.3 is 11.7 Å². The van der Waals surface area contributed by atoms with E-state index in [1.54, 1.807) is 48.5 Å². The van der Waals surface area contributed by atoms with Gasteiger partial charge in [0.15, 0.2) is 5.60 Å². The lowest BCUT2D eigenvalue weighted by molar-refractivity contribution is -0.386. The summed E-state index contributed by atoms with van der Waals surface area (Å²) in [7, 11) is 2.65. The molecule has 0 N–H and O–H groups in total. The molecule has 1 aromatic heterocycles. The second-order valence-electron chi connectivity index (χ2n) is 6.28. The van der Waals surface area contributed by atoms with Crippen LogP contribution in [0.3, 0.4) is 0 Å². The van der Waals surface area contributed by atoms with Crippen LogP contribution < -0.4 is 4.74 Å². The van der Waals surface area contributed by atoms with Gasteiger partial charge < -0.3 is 14.2 Å². The Morgan fingerprint density at radius 1 is 0.967 bits per heavy atom. The quantitative estimate of drug-likeness (QED) is 0.319. The van der Waals surface area contributed by atoms with Crippen LogP contribution in [-0.2, 0) is 19.9 Å². The minimum absolute atomic E-state index is 0.314. The van der Waals surface area contributed by atoms with Gasteiger partial charge in [0, 0.05) is 19.4 Å². The summed E-state index contributed by atoms with van der Waals surface area (Å²) in [6.07, 6.45) is -0.0817. The SMILES string of the molecule is COC(=O)C(Oc1ncccc1[N+](=O)[O-])C(OC)(c1ccccc1)c1ccccc1. The fourth-order valence-electron chi connectivity index (χ4n) is 3.31. The molecule has 0 aliphatic rings. The number of benzene rings is 2. The number of pyridine rings is 1. The number of nitrogens with zero attached hydrogens (tertiary/aromatic N) is 2. The molecule has 8 heteroatoms. The average molecular weight is 408 g/mol. The molecular formula is C22H20N2O6. The van der Waals surface area contributed by atoms with E-state index in [9.17, 15) is 14.9 Å². The summed E-state index contributed by atoms with van der Waals surface area (Å²) in [6, 6.07) is 20.6. The van der Waals surface area contributed by atoms with Gasteiger partial charge in [0.25, 0.3) is 5.88 Å². The van der Waals surface area contributed by atoms with Crippen LogP contribution in [0.1, 0.15) is 11.1 Å². The molecular weight excluding hydrogens is 388 g/mol. The molecule has 0 aliphatic heterocycles. The van der Waals surface area contributed by atoms with Crippen molar-refractivity contribution in [2.75, 3.05) is 14.2 Å². The number of methoxy groups -OCH3 is 2. The highest BCUT2D eigenvalue weighted by Gasteiger charge is 2.50. The van der Waals surface area contributed by atoms with E-state index in [1.807, 2.05) is 12.1 Å². The molecule has 0 saturated heterocycles. The van der Waals surface area contributed by atoms with E-state index >= 15 is 0 Å². The molecule has 3 rings (SSSR count). The number of ether oxygens (including phenoxy) is 3. The number of aromatic nitrogens is 1. The molecule has 0 radical (unpaired) electrons. The molecule has 0 aliphatic carbocycles. The molecule has 2 aromatic carbocycles. The topological polar surface area (TPSA) is 101 Å². The zero-order chi connectivity index (χ0) is 21.6. The summed E-state index contributed by atoms with van der Waals surface area (Å²) < 4.78 is 16.8. The lowest BCUT2D eigenvalue weighted by atomic mass is 9.81. The van der Waals surface area contributed by atoms with Gasteiger partial charge in [0.1, 0.15) is 0 Å². The van der Waals surface area contributed by atoms with Crippen molar-refractivity contribution in [3.63, 3.8) is 0 Å². The molecule has 1 heterocycles. The van der Waals surface area contributed by atoms with Crippen LogP contribution in [0.4, 0.5) is 5.69 Å². The van der Waals surface area contributed by atoms with Crippen molar-refractivity contribution in [1.82, 2.24) is 4.98 Å². The predicted molar refractivity (Wildman–Crippen MR) is 108 cm³/mol. The van der Waals surface area contributed by atoms with E-state index in [0.717, 1.165) is 0 Å². The highest BCUT2D eigenvalue weighted by molar-refractivity contribution is 5.78. The molecule has 3 aromatic rings. The lowest BCUT2D eigenvalue weighted by Crippen LogP contribution is -2.51. The van der Waals surface area contributed by atoms with Crippen molar-refractivity contribution < 1.29 is 23.9 Å². The van der Waals surface area contributed by atoms with E-state index in [1.165, 1.54) is 32.5 Å². The summed E-state index contributed by atoms with van der Waals surface area (Å²) in [5.74, 6) is -1.09. The lowest BCUT2D eigenvalue weighted by Gasteiger charge is -2.38. The summed E-state index contributed by atoms with van der Waals surface area (Å²) in [5.41, 5.74) is -0.626. The Balaban J connectivity index is 2.24. The normalized spacial score (nSPS) is 12.1. The smallest absolute Gasteiger partial charge is 0.350 e. The second-order valence-corrected chi connectivity index (χ2v) is 6.28. The van der Waals surface area contributed by atoms with E-state index in [0.29, 0.717) is 11.1 Å². The zero-order valence-electron chi connectivity index (χ0n) is 16.4. The van der Waals surface area contributed by atoms with Gasteiger partial charge in [-0.25, -0.2) is 9.78 Å². The van der Waals surface area contributed by atoms with Crippen molar-refractivity contribution in [1.29, 1.82) is 0 Å². The van der Waals surface area contributed by atoms with Gasteiger partial charge in [-0.1, -0.05) is 60.7 Å². The summed E-state index contributed by atoms with van der Waals surface area (Å²) in [4.78, 5) is 27.7. The minimum Gasteiger partial charge on any atom is -0.466 e. The van der Waals surface area contributed by atoms with Crippen LogP contribution in [0.5, 0.6) is 5.88 Å². The summed E-state index contributed by atoms with van der Waals surface area (Å²) >= 11 is 0. The van der Waals surface area contributed by atoms with Crippen molar-refractivity contribution in [3.8, 4) is 5.88 Å². The molecule has 1 unspecified atom stereocenters. The first-order valence-corrected chi connectivity index (χ1v) is 9.04. The third kappa shape index (κ3) is 3.85. The number of rotatable bonds is 8. The molecule has 154 valence electrons. The van der Waals surface area contributed by atoms with E-state index < -0.39 is 22.6 Å².